The van der Waals surface area contributed by atoms with Crippen LogP contribution >= 0.6 is 0 Å². The lowest BCUT2D eigenvalue weighted by atomic mass is 9.86. The summed E-state index contributed by atoms with van der Waals surface area (Å²) in [6, 6.07) is 3.92. The van der Waals surface area contributed by atoms with E-state index < -0.39 is 47.4 Å². The predicted octanol–water partition coefficient (Wildman–Crippen LogP) is -0.0634. The number of halogens is 1. The molecule has 8 nitrogen and oxygen atoms in total. The van der Waals surface area contributed by atoms with Crippen molar-refractivity contribution in [2.24, 2.45) is 17.6 Å². The molecule has 0 spiro atoms. The monoisotopic (exact) mass is 368 g/mol. The average Bonchev–Trinajstić information content (AvgIpc) is 2.60. The van der Waals surface area contributed by atoms with Crippen molar-refractivity contribution in [3.8, 4) is 0 Å². The Morgan fingerprint density at radius 3 is 2.00 bits per heavy atom. The number of ether oxygens (including phenoxy) is 2. The summed E-state index contributed by atoms with van der Waals surface area (Å²) in [4.78, 5) is 47.7. The van der Waals surface area contributed by atoms with E-state index in [1.165, 1.54) is 31.2 Å². The Morgan fingerprint density at radius 1 is 1.08 bits per heavy atom. The van der Waals surface area contributed by atoms with E-state index in [-0.39, 0.29) is 6.42 Å². The van der Waals surface area contributed by atoms with Crippen molar-refractivity contribution in [1.82, 2.24) is 5.32 Å². The van der Waals surface area contributed by atoms with Crippen LogP contribution in [0.1, 0.15) is 12.5 Å². The van der Waals surface area contributed by atoms with Gasteiger partial charge in [-0.1, -0.05) is 19.1 Å². The topological polar surface area (TPSA) is 125 Å². The van der Waals surface area contributed by atoms with Crippen LogP contribution < -0.4 is 11.1 Å². The number of nitrogens with one attached hydrogen (secondary N) is 1. The molecule has 0 bridgehead atoms. The first-order valence-corrected chi connectivity index (χ1v) is 7.70. The molecule has 1 aromatic carbocycles. The third-order valence-corrected chi connectivity index (χ3v) is 3.86. The van der Waals surface area contributed by atoms with E-state index in [0.717, 1.165) is 14.2 Å². The second-order valence-electron chi connectivity index (χ2n) is 5.63. The van der Waals surface area contributed by atoms with Crippen molar-refractivity contribution in [2.45, 2.75) is 19.4 Å². The van der Waals surface area contributed by atoms with Gasteiger partial charge in [0.1, 0.15) is 11.9 Å². The Labute approximate surface area is 149 Å². The Bertz CT molecular complexity index is 660. The second-order valence-corrected chi connectivity index (χ2v) is 5.63. The lowest BCUT2D eigenvalue weighted by molar-refractivity contribution is -0.162. The van der Waals surface area contributed by atoms with Gasteiger partial charge in [-0.15, -0.1) is 0 Å². The molecule has 0 aliphatic rings. The van der Waals surface area contributed by atoms with Crippen molar-refractivity contribution in [3.05, 3.63) is 35.6 Å². The van der Waals surface area contributed by atoms with Gasteiger partial charge in [-0.05, 0) is 17.7 Å². The summed E-state index contributed by atoms with van der Waals surface area (Å²) < 4.78 is 22.0. The van der Waals surface area contributed by atoms with E-state index in [2.05, 4.69) is 14.8 Å². The molecule has 2 amide bonds. The van der Waals surface area contributed by atoms with Crippen LogP contribution in [0, 0.1) is 17.7 Å². The average molecular weight is 368 g/mol. The molecule has 0 fully saturated rings. The Morgan fingerprint density at radius 2 is 1.58 bits per heavy atom. The molecule has 1 aromatic rings. The summed E-state index contributed by atoms with van der Waals surface area (Å²) in [6.45, 7) is 1.39. The summed E-state index contributed by atoms with van der Waals surface area (Å²) in [5.74, 6) is -6.23. The standard InChI is InChI=1S/C17H21FN2O6/c1-9(13(16(23)25-2)17(24)26-3)14(15(19)22)20-12(21)8-10-4-6-11(18)7-5-10/h4-7,9,13-14H,8H2,1-3H3,(H2,19,22)(H,20,21)/t9-,14-/m0/s1. The second kappa shape index (κ2) is 9.50. The molecule has 0 aliphatic carbocycles. The number of hydrogen-bond donors (Lipinski definition) is 2. The molecular formula is C17H21FN2O6. The highest BCUT2D eigenvalue weighted by atomic mass is 19.1. The fourth-order valence-electron chi connectivity index (χ4n) is 2.45. The van der Waals surface area contributed by atoms with Crippen LogP contribution in [0.5, 0.6) is 0 Å². The highest BCUT2D eigenvalue weighted by molar-refractivity contribution is 5.97. The van der Waals surface area contributed by atoms with Gasteiger partial charge in [0.2, 0.25) is 11.8 Å². The van der Waals surface area contributed by atoms with Gasteiger partial charge in [0.25, 0.3) is 0 Å². The largest absolute Gasteiger partial charge is 0.468 e. The van der Waals surface area contributed by atoms with Crippen molar-refractivity contribution >= 4 is 23.8 Å². The zero-order valence-electron chi connectivity index (χ0n) is 14.7. The van der Waals surface area contributed by atoms with Gasteiger partial charge < -0.3 is 20.5 Å². The van der Waals surface area contributed by atoms with Crippen LogP contribution in [0.25, 0.3) is 0 Å². The summed E-state index contributed by atoms with van der Waals surface area (Å²) in [5.41, 5.74) is 5.82. The van der Waals surface area contributed by atoms with Gasteiger partial charge >= 0.3 is 11.9 Å². The fourth-order valence-corrected chi connectivity index (χ4v) is 2.45. The third kappa shape index (κ3) is 5.54. The molecule has 0 unspecified atom stereocenters. The molecule has 9 heteroatoms. The minimum Gasteiger partial charge on any atom is -0.468 e. The van der Waals surface area contributed by atoms with Crippen molar-refractivity contribution < 1.29 is 33.0 Å². The van der Waals surface area contributed by atoms with Gasteiger partial charge in [0.05, 0.1) is 20.6 Å². The highest BCUT2D eigenvalue weighted by Crippen LogP contribution is 2.19. The molecule has 0 aliphatic heterocycles. The van der Waals surface area contributed by atoms with Gasteiger partial charge in [0, 0.05) is 5.92 Å². The maximum absolute atomic E-state index is 12.9. The number of rotatable bonds is 8. The van der Waals surface area contributed by atoms with Gasteiger partial charge in [-0.3, -0.25) is 19.2 Å². The molecule has 0 heterocycles. The van der Waals surface area contributed by atoms with Gasteiger partial charge in [-0.2, -0.15) is 0 Å². The number of primary amides is 1. The molecule has 2 atom stereocenters. The third-order valence-electron chi connectivity index (χ3n) is 3.86. The SMILES string of the molecule is COC(=O)C(C(=O)OC)[C@H](C)[C@H](NC(=O)Cc1ccc(F)cc1)C(N)=O. The van der Waals surface area contributed by atoms with E-state index >= 15 is 0 Å². The number of carbonyl (C=O) groups is 4. The number of hydrogen-bond acceptors (Lipinski definition) is 6. The first-order chi connectivity index (χ1) is 12.2. The van der Waals surface area contributed by atoms with Crippen LogP contribution in [0.2, 0.25) is 0 Å². The molecule has 3 N–H and O–H groups in total. The molecular weight excluding hydrogens is 347 g/mol. The molecule has 0 radical (unpaired) electrons. The number of benzene rings is 1. The lowest BCUT2D eigenvalue weighted by Crippen LogP contribution is -2.53. The molecule has 0 aromatic heterocycles. The first-order valence-electron chi connectivity index (χ1n) is 7.70. The van der Waals surface area contributed by atoms with Crippen molar-refractivity contribution in [3.63, 3.8) is 0 Å². The predicted molar refractivity (Wildman–Crippen MR) is 87.9 cm³/mol. The molecule has 1 rings (SSSR count). The van der Waals surface area contributed by atoms with Gasteiger partial charge in [0.15, 0.2) is 5.92 Å². The van der Waals surface area contributed by atoms with E-state index in [1.54, 1.807) is 0 Å². The minimum atomic E-state index is -1.44. The molecule has 0 saturated carbocycles. The zero-order chi connectivity index (χ0) is 19.9. The summed E-state index contributed by atoms with van der Waals surface area (Å²) in [7, 11) is 2.16. The minimum absolute atomic E-state index is 0.141. The number of esters is 2. The summed E-state index contributed by atoms with van der Waals surface area (Å²) in [6.07, 6.45) is -0.141. The normalized spacial score (nSPS) is 12.8. The smallest absolute Gasteiger partial charge is 0.320 e. The number of carbonyl (C=O) groups excluding carboxylic acids is 4. The summed E-state index contributed by atoms with van der Waals surface area (Å²) in [5, 5.41) is 2.39. The van der Waals surface area contributed by atoms with Crippen LogP contribution in [0.4, 0.5) is 4.39 Å². The van der Waals surface area contributed by atoms with Crippen LogP contribution in [-0.2, 0) is 35.1 Å². The first kappa shape index (κ1) is 21.1. The Hall–Kier alpha value is -2.97. The quantitative estimate of drug-likeness (QED) is 0.489. The van der Waals surface area contributed by atoms with Crippen LogP contribution in [0.3, 0.4) is 0 Å². The summed E-state index contributed by atoms with van der Waals surface area (Å²) >= 11 is 0. The Kier molecular flexibility index (Phi) is 7.70. The zero-order valence-corrected chi connectivity index (χ0v) is 14.7. The molecule has 0 saturated heterocycles. The number of methoxy groups -OCH3 is 2. The van der Waals surface area contributed by atoms with E-state index in [9.17, 15) is 23.6 Å². The Balaban J connectivity index is 2.93. The van der Waals surface area contributed by atoms with Gasteiger partial charge in [-0.25, -0.2) is 4.39 Å². The molecule has 142 valence electrons. The van der Waals surface area contributed by atoms with Crippen molar-refractivity contribution in [2.75, 3.05) is 14.2 Å². The number of nitrogens with two attached hydrogens (primary N) is 1. The van der Waals surface area contributed by atoms with E-state index in [4.69, 9.17) is 5.73 Å². The maximum atomic E-state index is 12.9. The maximum Gasteiger partial charge on any atom is 0.320 e. The highest BCUT2D eigenvalue weighted by Gasteiger charge is 2.41. The van der Waals surface area contributed by atoms with E-state index in [0.29, 0.717) is 5.56 Å². The number of amides is 2. The lowest BCUT2D eigenvalue weighted by Gasteiger charge is -2.26. The fraction of sp³-hybridized carbons (Fsp3) is 0.412. The van der Waals surface area contributed by atoms with Crippen LogP contribution in [-0.4, -0.2) is 44.0 Å². The van der Waals surface area contributed by atoms with Crippen molar-refractivity contribution in [1.29, 1.82) is 0 Å². The van der Waals surface area contributed by atoms with E-state index in [1.807, 2.05) is 0 Å². The van der Waals surface area contributed by atoms with Crippen LogP contribution in [0.15, 0.2) is 24.3 Å². The molecule has 26 heavy (non-hydrogen) atoms.